The second kappa shape index (κ2) is 6.31. The zero-order valence-electron chi connectivity index (χ0n) is 10.9. The van der Waals surface area contributed by atoms with Crippen molar-refractivity contribution in [2.75, 3.05) is 4.72 Å². The van der Waals surface area contributed by atoms with Gasteiger partial charge in [-0.3, -0.25) is 14.5 Å². The Morgan fingerprint density at radius 2 is 1.90 bits per heavy atom. The smallest absolute Gasteiger partial charge is 0.303 e. The number of carbonyl (C=O) groups is 1. The van der Waals surface area contributed by atoms with E-state index in [2.05, 4.69) is 14.7 Å². The Balaban J connectivity index is 2.12. The van der Waals surface area contributed by atoms with Gasteiger partial charge in [-0.1, -0.05) is 12.1 Å². The Labute approximate surface area is 121 Å². The van der Waals surface area contributed by atoms with E-state index in [-0.39, 0.29) is 17.1 Å². The van der Waals surface area contributed by atoms with Gasteiger partial charge in [-0.15, -0.1) is 0 Å². The van der Waals surface area contributed by atoms with Gasteiger partial charge in [0.1, 0.15) is 0 Å². The molecule has 21 heavy (non-hydrogen) atoms. The Hall–Kier alpha value is -2.48. The lowest BCUT2D eigenvalue weighted by atomic mass is 10.1. The number of aromatic nitrogens is 2. The number of hydrogen-bond acceptors (Lipinski definition) is 5. The molecule has 1 heterocycles. The molecule has 8 heteroatoms. The molecule has 2 N–H and O–H groups in total. The number of carboxylic acids is 1. The van der Waals surface area contributed by atoms with Gasteiger partial charge in [0.05, 0.1) is 11.1 Å². The number of carboxylic acid groups (broad SMARTS) is 1. The third kappa shape index (κ3) is 4.25. The van der Waals surface area contributed by atoms with Crippen LogP contribution in [0.5, 0.6) is 0 Å². The van der Waals surface area contributed by atoms with Crippen molar-refractivity contribution >= 4 is 21.8 Å². The van der Waals surface area contributed by atoms with Crippen LogP contribution >= 0.6 is 0 Å². The van der Waals surface area contributed by atoms with Crippen LogP contribution in [-0.2, 0) is 21.2 Å². The molecule has 0 aliphatic carbocycles. The average Bonchev–Trinajstić information content (AvgIpc) is 2.46. The zero-order valence-corrected chi connectivity index (χ0v) is 11.7. The van der Waals surface area contributed by atoms with Crippen molar-refractivity contribution in [2.45, 2.75) is 17.7 Å². The van der Waals surface area contributed by atoms with Crippen molar-refractivity contribution in [3.8, 4) is 0 Å². The largest absolute Gasteiger partial charge is 0.481 e. The number of rotatable bonds is 6. The molecule has 0 spiro atoms. The Bertz CT molecular complexity index is 715. The fraction of sp³-hybridized carbons (Fsp3) is 0.154. The summed E-state index contributed by atoms with van der Waals surface area (Å²) in [5, 5.41) is 8.60. The van der Waals surface area contributed by atoms with Crippen LogP contribution in [0.25, 0.3) is 0 Å². The fourth-order valence-corrected chi connectivity index (χ4v) is 2.63. The first-order chi connectivity index (χ1) is 9.97. The van der Waals surface area contributed by atoms with Gasteiger partial charge in [-0.2, -0.15) is 0 Å². The minimum atomic E-state index is -3.73. The molecule has 1 aromatic carbocycles. The molecular formula is C13H13N3O4S. The van der Waals surface area contributed by atoms with Gasteiger partial charge in [0.2, 0.25) is 0 Å². The summed E-state index contributed by atoms with van der Waals surface area (Å²) < 4.78 is 26.5. The second-order valence-electron chi connectivity index (χ2n) is 4.23. The first kappa shape index (κ1) is 14.9. The van der Waals surface area contributed by atoms with E-state index in [4.69, 9.17) is 5.11 Å². The van der Waals surface area contributed by atoms with E-state index in [1.165, 1.54) is 30.7 Å². The molecule has 0 aliphatic rings. The average molecular weight is 307 g/mol. The van der Waals surface area contributed by atoms with Gasteiger partial charge in [-0.25, -0.2) is 13.4 Å². The quantitative estimate of drug-likeness (QED) is 0.832. The van der Waals surface area contributed by atoms with Gasteiger partial charge in [0, 0.05) is 18.8 Å². The van der Waals surface area contributed by atoms with Crippen molar-refractivity contribution in [3.05, 3.63) is 48.4 Å². The van der Waals surface area contributed by atoms with Crippen molar-refractivity contribution < 1.29 is 18.3 Å². The van der Waals surface area contributed by atoms with Crippen LogP contribution in [0.4, 0.5) is 5.82 Å². The number of nitrogens with zero attached hydrogens (tertiary/aromatic N) is 2. The molecule has 0 aliphatic heterocycles. The highest BCUT2D eigenvalue weighted by atomic mass is 32.2. The molecule has 0 unspecified atom stereocenters. The normalized spacial score (nSPS) is 11.0. The molecule has 7 nitrogen and oxygen atoms in total. The molecule has 0 bridgehead atoms. The van der Waals surface area contributed by atoms with Crippen LogP contribution < -0.4 is 4.72 Å². The molecule has 0 saturated carbocycles. The first-order valence-electron chi connectivity index (χ1n) is 6.07. The SMILES string of the molecule is O=C(O)CCc1ccc(S(=O)(=O)Nc2cnccn2)cc1. The van der Waals surface area contributed by atoms with Crippen LogP contribution in [0.3, 0.4) is 0 Å². The van der Waals surface area contributed by atoms with Gasteiger partial charge in [-0.05, 0) is 24.1 Å². The monoisotopic (exact) mass is 307 g/mol. The lowest BCUT2D eigenvalue weighted by molar-refractivity contribution is -0.136. The number of sulfonamides is 1. The Morgan fingerprint density at radius 1 is 1.19 bits per heavy atom. The molecule has 0 saturated heterocycles. The van der Waals surface area contributed by atoms with Crippen molar-refractivity contribution in [1.82, 2.24) is 9.97 Å². The number of aryl methyl sites for hydroxylation is 1. The summed E-state index contributed by atoms with van der Waals surface area (Å²) in [5.74, 6) is -0.761. The van der Waals surface area contributed by atoms with E-state index < -0.39 is 16.0 Å². The third-order valence-electron chi connectivity index (χ3n) is 2.66. The van der Waals surface area contributed by atoms with Crippen molar-refractivity contribution in [1.29, 1.82) is 0 Å². The van der Waals surface area contributed by atoms with E-state index in [0.717, 1.165) is 5.56 Å². The topological polar surface area (TPSA) is 109 Å². The summed E-state index contributed by atoms with van der Waals surface area (Å²) >= 11 is 0. The van der Waals surface area contributed by atoms with Crippen LogP contribution in [0.2, 0.25) is 0 Å². The van der Waals surface area contributed by atoms with Crippen LogP contribution in [0, 0.1) is 0 Å². The molecular weight excluding hydrogens is 294 g/mol. The minimum Gasteiger partial charge on any atom is -0.481 e. The van der Waals surface area contributed by atoms with E-state index in [1.807, 2.05) is 0 Å². The highest BCUT2D eigenvalue weighted by molar-refractivity contribution is 7.92. The van der Waals surface area contributed by atoms with Crippen molar-refractivity contribution in [3.63, 3.8) is 0 Å². The third-order valence-corrected chi connectivity index (χ3v) is 4.03. The van der Waals surface area contributed by atoms with E-state index in [9.17, 15) is 13.2 Å². The zero-order chi connectivity index (χ0) is 15.3. The summed E-state index contributed by atoms with van der Waals surface area (Å²) in [6.45, 7) is 0. The maximum atomic E-state index is 12.1. The fourth-order valence-electron chi connectivity index (χ4n) is 1.63. The van der Waals surface area contributed by atoms with E-state index in [1.54, 1.807) is 12.1 Å². The lowest BCUT2D eigenvalue weighted by Crippen LogP contribution is -2.14. The molecule has 1 aromatic heterocycles. The number of benzene rings is 1. The highest BCUT2D eigenvalue weighted by Gasteiger charge is 2.14. The standard InChI is InChI=1S/C13H13N3O4S/c17-13(18)6-3-10-1-4-11(5-2-10)21(19,20)16-12-9-14-7-8-15-12/h1-2,4-5,7-9H,3,6H2,(H,15,16)(H,17,18). The minimum absolute atomic E-state index is 0.00392. The molecule has 0 radical (unpaired) electrons. The molecule has 0 fully saturated rings. The summed E-state index contributed by atoms with van der Waals surface area (Å²) in [6, 6.07) is 6.04. The van der Waals surface area contributed by atoms with E-state index >= 15 is 0 Å². The highest BCUT2D eigenvalue weighted by Crippen LogP contribution is 2.15. The Kier molecular flexibility index (Phi) is 4.49. The molecule has 0 amide bonds. The first-order valence-corrected chi connectivity index (χ1v) is 7.55. The predicted octanol–water partition coefficient (Wildman–Crippen LogP) is 1.29. The molecule has 0 atom stereocenters. The second-order valence-corrected chi connectivity index (χ2v) is 5.92. The summed E-state index contributed by atoms with van der Waals surface area (Å²) in [5.41, 5.74) is 0.760. The number of anilines is 1. The lowest BCUT2D eigenvalue weighted by Gasteiger charge is -2.07. The predicted molar refractivity (Wildman–Crippen MR) is 75.2 cm³/mol. The maximum absolute atomic E-state index is 12.1. The summed E-state index contributed by atoms with van der Waals surface area (Å²) in [4.78, 5) is 18.2. The van der Waals surface area contributed by atoms with Crippen LogP contribution in [-0.4, -0.2) is 29.5 Å². The summed E-state index contributed by atoms with van der Waals surface area (Å²) in [7, 11) is -3.73. The van der Waals surface area contributed by atoms with E-state index in [0.29, 0.717) is 6.42 Å². The molecule has 110 valence electrons. The maximum Gasteiger partial charge on any atom is 0.303 e. The Morgan fingerprint density at radius 3 is 2.48 bits per heavy atom. The van der Waals surface area contributed by atoms with Gasteiger partial charge in [0.15, 0.2) is 5.82 Å². The number of hydrogen-bond donors (Lipinski definition) is 2. The molecule has 2 rings (SSSR count). The van der Waals surface area contributed by atoms with Gasteiger partial charge >= 0.3 is 5.97 Å². The number of nitrogens with one attached hydrogen (secondary N) is 1. The van der Waals surface area contributed by atoms with Crippen molar-refractivity contribution in [2.24, 2.45) is 0 Å². The van der Waals surface area contributed by atoms with Crippen LogP contribution in [0.15, 0.2) is 47.8 Å². The van der Waals surface area contributed by atoms with Gasteiger partial charge in [0.25, 0.3) is 10.0 Å². The van der Waals surface area contributed by atoms with Gasteiger partial charge < -0.3 is 5.11 Å². The number of aliphatic carboxylic acids is 1. The molecule has 2 aromatic rings. The van der Waals surface area contributed by atoms with Crippen LogP contribution in [0.1, 0.15) is 12.0 Å². The summed E-state index contributed by atoms with van der Waals surface area (Å²) in [6.07, 6.45) is 4.48.